The number of nitrogens with zero attached hydrogens (tertiary/aromatic N) is 2. The zero-order valence-corrected chi connectivity index (χ0v) is 17.3. The van der Waals surface area contributed by atoms with Gasteiger partial charge in [-0.1, -0.05) is 35.9 Å². The zero-order valence-electron chi connectivity index (χ0n) is 17.3. The number of hydrogen-bond donors (Lipinski definition) is 2. The molecular formula is C24H24N4O2. The van der Waals surface area contributed by atoms with Crippen molar-refractivity contribution < 1.29 is 9.53 Å². The minimum absolute atomic E-state index is 0.483. The second-order valence-corrected chi connectivity index (χ2v) is 7.31. The first-order valence-corrected chi connectivity index (χ1v) is 9.82. The molecule has 2 aromatic heterocycles. The second-order valence-electron chi connectivity index (χ2n) is 7.31. The van der Waals surface area contributed by atoms with Crippen molar-refractivity contribution >= 4 is 23.2 Å². The van der Waals surface area contributed by atoms with Crippen LogP contribution >= 0.6 is 0 Å². The van der Waals surface area contributed by atoms with E-state index in [0.717, 1.165) is 5.82 Å². The van der Waals surface area contributed by atoms with Crippen LogP contribution in [0.1, 0.15) is 22.3 Å². The van der Waals surface area contributed by atoms with Crippen molar-refractivity contribution in [2.45, 2.75) is 27.3 Å². The smallest absolute Gasteiger partial charge is 0.410 e. The predicted molar refractivity (Wildman–Crippen MR) is 119 cm³/mol. The Morgan fingerprint density at radius 3 is 2.50 bits per heavy atom. The molecule has 152 valence electrons. The Balaban J connectivity index is 1.52. The van der Waals surface area contributed by atoms with E-state index in [1.54, 1.807) is 18.3 Å². The number of carbonyl (C=O) groups is 1. The first kappa shape index (κ1) is 19.5. The number of hydrogen-bond acceptors (Lipinski definition) is 4. The molecule has 0 spiro atoms. The third-order valence-corrected chi connectivity index (χ3v) is 5.03. The molecule has 6 heteroatoms. The highest BCUT2D eigenvalue weighted by Gasteiger charge is 2.12. The molecule has 0 aliphatic rings. The molecule has 2 N–H and O–H groups in total. The Morgan fingerprint density at radius 1 is 1.03 bits per heavy atom. The Labute approximate surface area is 175 Å². The maximum Gasteiger partial charge on any atom is 0.417 e. The molecule has 2 aromatic carbocycles. The SMILES string of the molecule is Cc1cc(C)c(CNc2ccc(NC(=O)Oc3ccccc3)c3nccn23)c(C)c1. The van der Waals surface area contributed by atoms with Gasteiger partial charge >= 0.3 is 6.09 Å². The summed E-state index contributed by atoms with van der Waals surface area (Å²) in [4.78, 5) is 16.7. The van der Waals surface area contributed by atoms with Crippen LogP contribution in [0.3, 0.4) is 0 Å². The molecule has 1 amide bonds. The number of rotatable bonds is 5. The standard InChI is InChI=1S/C24H24N4O2/c1-16-13-17(2)20(18(3)14-16)15-26-22-10-9-21(23-25-11-12-28(22)23)27-24(29)30-19-7-5-4-6-8-19/h4-14,26H,15H2,1-3H3,(H,27,29). The second kappa shape index (κ2) is 8.29. The highest BCUT2D eigenvalue weighted by Crippen LogP contribution is 2.23. The van der Waals surface area contributed by atoms with Crippen LogP contribution in [0.4, 0.5) is 16.3 Å². The summed E-state index contributed by atoms with van der Waals surface area (Å²) in [5.74, 6) is 1.38. The molecule has 30 heavy (non-hydrogen) atoms. The van der Waals surface area contributed by atoms with Gasteiger partial charge in [0, 0.05) is 18.9 Å². The van der Waals surface area contributed by atoms with E-state index in [1.165, 1.54) is 22.3 Å². The van der Waals surface area contributed by atoms with E-state index < -0.39 is 6.09 Å². The molecular weight excluding hydrogens is 376 g/mol. The lowest BCUT2D eigenvalue weighted by molar-refractivity contribution is 0.215. The summed E-state index contributed by atoms with van der Waals surface area (Å²) in [7, 11) is 0. The first-order valence-electron chi connectivity index (χ1n) is 9.82. The van der Waals surface area contributed by atoms with Gasteiger partial charge in [-0.2, -0.15) is 0 Å². The number of amides is 1. The van der Waals surface area contributed by atoms with Gasteiger partial charge in [0.25, 0.3) is 0 Å². The van der Waals surface area contributed by atoms with Crippen molar-refractivity contribution in [2.24, 2.45) is 0 Å². The van der Waals surface area contributed by atoms with Crippen LogP contribution < -0.4 is 15.4 Å². The molecule has 0 saturated heterocycles. The van der Waals surface area contributed by atoms with Crippen LogP contribution in [-0.4, -0.2) is 15.5 Å². The van der Waals surface area contributed by atoms with Gasteiger partial charge in [-0.25, -0.2) is 9.78 Å². The van der Waals surface area contributed by atoms with Gasteiger partial charge in [0.2, 0.25) is 0 Å². The van der Waals surface area contributed by atoms with E-state index in [1.807, 2.05) is 40.9 Å². The Kier molecular flexibility index (Phi) is 5.39. The van der Waals surface area contributed by atoms with Crippen molar-refractivity contribution in [3.05, 3.63) is 89.2 Å². The fourth-order valence-corrected chi connectivity index (χ4v) is 3.65. The van der Waals surface area contributed by atoms with E-state index in [-0.39, 0.29) is 0 Å². The maximum atomic E-state index is 12.3. The summed E-state index contributed by atoms with van der Waals surface area (Å²) >= 11 is 0. The molecule has 2 heterocycles. The summed E-state index contributed by atoms with van der Waals surface area (Å²) in [6.45, 7) is 7.08. The minimum atomic E-state index is -0.558. The molecule has 0 aliphatic heterocycles. The number of ether oxygens (including phenoxy) is 1. The van der Waals surface area contributed by atoms with Gasteiger partial charge < -0.3 is 10.1 Å². The van der Waals surface area contributed by atoms with E-state index in [4.69, 9.17) is 4.74 Å². The van der Waals surface area contributed by atoms with E-state index >= 15 is 0 Å². The number of anilines is 2. The van der Waals surface area contributed by atoms with Crippen molar-refractivity contribution in [3.63, 3.8) is 0 Å². The Bertz CT molecular complexity index is 1180. The zero-order chi connectivity index (χ0) is 21.1. The quantitative estimate of drug-likeness (QED) is 0.465. The van der Waals surface area contributed by atoms with Crippen molar-refractivity contribution in [2.75, 3.05) is 10.6 Å². The number of aromatic nitrogens is 2. The van der Waals surface area contributed by atoms with Crippen LogP contribution in [0.25, 0.3) is 5.65 Å². The topological polar surface area (TPSA) is 67.7 Å². The maximum absolute atomic E-state index is 12.3. The molecule has 0 unspecified atom stereocenters. The van der Waals surface area contributed by atoms with Crippen LogP contribution in [0.15, 0.2) is 67.0 Å². The number of carbonyl (C=O) groups excluding carboxylic acids is 1. The van der Waals surface area contributed by atoms with Gasteiger partial charge in [0.15, 0.2) is 5.65 Å². The largest absolute Gasteiger partial charge is 0.417 e. The van der Waals surface area contributed by atoms with Gasteiger partial charge in [-0.3, -0.25) is 9.72 Å². The van der Waals surface area contributed by atoms with Crippen LogP contribution in [-0.2, 0) is 6.54 Å². The Morgan fingerprint density at radius 2 is 1.77 bits per heavy atom. The first-order chi connectivity index (χ1) is 14.5. The van der Waals surface area contributed by atoms with E-state index in [0.29, 0.717) is 23.6 Å². The average Bonchev–Trinajstić information content (AvgIpc) is 3.20. The number of nitrogens with one attached hydrogen (secondary N) is 2. The summed E-state index contributed by atoms with van der Waals surface area (Å²) in [6.07, 6.45) is 3.01. The number of benzene rings is 2. The number of para-hydroxylation sites is 1. The summed E-state index contributed by atoms with van der Waals surface area (Å²) in [5.41, 5.74) is 6.30. The molecule has 0 aliphatic carbocycles. The fourth-order valence-electron chi connectivity index (χ4n) is 3.65. The van der Waals surface area contributed by atoms with Crippen LogP contribution in [0.2, 0.25) is 0 Å². The van der Waals surface area contributed by atoms with Crippen molar-refractivity contribution in [1.29, 1.82) is 0 Å². The highest BCUT2D eigenvalue weighted by atomic mass is 16.6. The Hall–Kier alpha value is -3.80. The molecule has 4 aromatic rings. The van der Waals surface area contributed by atoms with Gasteiger partial charge in [-0.05, 0) is 61.7 Å². The molecule has 0 atom stereocenters. The van der Waals surface area contributed by atoms with Crippen LogP contribution in [0.5, 0.6) is 5.75 Å². The van der Waals surface area contributed by atoms with Gasteiger partial charge in [-0.15, -0.1) is 0 Å². The summed E-state index contributed by atoms with van der Waals surface area (Å²) < 4.78 is 7.23. The van der Waals surface area contributed by atoms with E-state index in [2.05, 4.69) is 48.5 Å². The molecule has 6 nitrogen and oxygen atoms in total. The summed E-state index contributed by atoms with van der Waals surface area (Å²) in [6, 6.07) is 17.1. The lowest BCUT2D eigenvalue weighted by Gasteiger charge is -2.15. The van der Waals surface area contributed by atoms with Crippen molar-refractivity contribution in [3.8, 4) is 5.75 Å². The normalized spacial score (nSPS) is 10.8. The number of pyridine rings is 1. The van der Waals surface area contributed by atoms with E-state index in [9.17, 15) is 4.79 Å². The van der Waals surface area contributed by atoms with Gasteiger partial charge in [0.05, 0.1) is 5.69 Å². The molecule has 4 rings (SSSR count). The van der Waals surface area contributed by atoms with Crippen molar-refractivity contribution in [1.82, 2.24) is 9.38 Å². The molecule has 0 radical (unpaired) electrons. The number of imidazole rings is 1. The molecule has 0 saturated carbocycles. The van der Waals surface area contributed by atoms with Gasteiger partial charge in [0.1, 0.15) is 11.6 Å². The minimum Gasteiger partial charge on any atom is -0.410 e. The van der Waals surface area contributed by atoms with Crippen LogP contribution in [0, 0.1) is 20.8 Å². The third kappa shape index (κ3) is 4.12. The fraction of sp³-hybridized carbons (Fsp3) is 0.167. The number of fused-ring (bicyclic) bond motifs is 1. The predicted octanol–water partition coefficient (Wildman–Crippen LogP) is 5.48. The lowest BCUT2D eigenvalue weighted by atomic mass is 10.00. The monoisotopic (exact) mass is 400 g/mol. The lowest BCUT2D eigenvalue weighted by Crippen LogP contribution is -2.17. The third-order valence-electron chi connectivity index (χ3n) is 5.03. The number of aryl methyl sites for hydroxylation is 3. The average molecular weight is 400 g/mol. The highest BCUT2D eigenvalue weighted by molar-refractivity contribution is 5.91. The molecule has 0 bridgehead atoms. The summed E-state index contributed by atoms with van der Waals surface area (Å²) in [5, 5.41) is 6.26. The molecule has 0 fully saturated rings.